The number of nitrogens with one attached hydrogen (secondary N) is 1. The molecule has 1 N–H and O–H groups in total. The summed E-state index contributed by atoms with van der Waals surface area (Å²) in [6, 6.07) is 0.475. The molecule has 2 aliphatic rings. The van der Waals surface area contributed by atoms with Crippen LogP contribution in [0.25, 0.3) is 0 Å². The Bertz CT molecular complexity index is 92.2. The summed E-state index contributed by atoms with van der Waals surface area (Å²) in [5.41, 5.74) is 0. The van der Waals surface area contributed by atoms with E-state index in [2.05, 4.69) is 5.32 Å². The molecule has 2 aliphatic heterocycles. The second-order valence-corrected chi connectivity index (χ2v) is 2.66. The second-order valence-electron chi connectivity index (χ2n) is 2.66. The molecule has 0 aromatic heterocycles. The van der Waals surface area contributed by atoms with Gasteiger partial charge in [-0.2, -0.15) is 0 Å². The normalized spacial score (nSPS) is 35.4. The zero-order valence-electron chi connectivity index (χ0n) is 5.93. The molecule has 1 radical (unpaired) electrons. The molecule has 3 nitrogen and oxygen atoms in total. The number of fused-ring (bicyclic) bond motifs is 1. The summed E-state index contributed by atoms with van der Waals surface area (Å²) in [5.74, 6) is 0. The molecule has 10 heavy (non-hydrogen) atoms. The van der Waals surface area contributed by atoms with Crippen molar-refractivity contribution in [3.8, 4) is 0 Å². The van der Waals surface area contributed by atoms with Gasteiger partial charge in [0.1, 0.15) is 6.10 Å². The third kappa shape index (κ3) is 1.17. The fraction of sp³-hybridized carbons (Fsp3) is 0.857. The minimum Gasteiger partial charge on any atom is -0.378 e. The highest BCUT2D eigenvalue weighted by Crippen LogP contribution is 2.20. The predicted octanol–water partition coefficient (Wildman–Crippen LogP) is -0.0729. The van der Waals surface area contributed by atoms with E-state index in [4.69, 9.17) is 9.47 Å². The summed E-state index contributed by atoms with van der Waals surface area (Å²) >= 11 is 0. The van der Waals surface area contributed by atoms with E-state index in [9.17, 15) is 0 Å². The van der Waals surface area contributed by atoms with Crippen LogP contribution in [-0.2, 0) is 9.47 Å². The van der Waals surface area contributed by atoms with Crippen molar-refractivity contribution in [2.45, 2.75) is 12.5 Å². The number of hydrogen-bond acceptors (Lipinski definition) is 3. The number of hydrogen-bond donors (Lipinski definition) is 1. The quantitative estimate of drug-likeness (QED) is 0.513. The maximum absolute atomic E-state index is 5.41. The van der Waals surface area contributed by atoms with Gasteiger partial charge in [0.2, 0.25) is 0 Å². The third-order valence-corrected chi connectivity index (χ3v) is 1.96. The fourth-order valence-corrected chi connectivity index (χ4v) is 1.41. The van der Waals surface area contributed by atoms with E-state index in [1.807, 2.05) is 0 Å². The van der Waals surface area contributed by atoms with Gasteiger partial charge in [-0.3, -0.25) is 0 Å². The van der Waals surface area contributed by atoms with Crippen molar-refractivity contribution in [2.75, 3.05) is 26.4 Å². The lowest BCUT2D eigenvalue weighted by atomic mass is 10.1. The lowest BCUT2D eigenvalue weighted by molar-refractivity contribution is -0.0220. The van der Waals surface area contributed by atoms with Crippen LogP contribution in [0.15, 0.2) is 0 Å². The first-order chi connectivity index (χ1) is 4.97. The molecule has 2 fully saturated rings. The van der Waals surface area contributed by atoms with Crippen LogP contribution in [0, 0.1) is 6.10 Å². The van der Waals surface area contributed by atoms with Gasteiger partial charge in [-0.05, 0) is 6.42 Å². The molecule has 2 saturated heterocycles. The van der Waals surface area contributed by atoms with Crippen LogP contribution in [0.4, 0.5) is 0 Å². The number of ether oxygens (including phenoxy) is 2. The first-order valence-corrected chi connectivity index (χ1v) is 3.76. The van der Waals surface area contributed by atoms with Crippen LogP contribution in [0.2, 0.25) is 0 Å². The molecule has 0 amide bonds. The predicted molar refractivity (Wildman–Crippen MR) is 36.4 cm³/mol. The van der Waals surface area contributed by atoms with Gasteiger partial charge >= 0.3 is 0 Å². The summed E-state index contributed by atoms with van der Waals surface area (Å²) in [7, 11) is 0. The minimum atomic E-state index is 0.475. The van der Waals surface area contributed by atoms with E-state index in [0.717, 1.165) is 32.3 Å². The molecule has 0 bridgehead atoms. The first kappa shape index (κ1) is 6.58. The van der Waals surface area contributed by atoms with Gasteiger partial charge in [0, 0.05) is 19.2 Å². The molecule has 0 aromatic rings. The Labute approximate surface area is 60.7 Å². The zero-order chi connectivity index (χ0) is 6.81. The highest BCUT2D eigenvalue weighted by molar-refractivity contribution is 4.97. The Balaban J connectivity index is 1.93. The lowest BCUT2D eigenvalue weighted by Crippen LogP contribution is -2.48. The van der Waals surface area contributed by atoms with Gasteiger partial charge in [0.25, 0.3) is 0 Å². The average Bonchev–Trinajstić information content (AvgIpc) is 2.05. The standard InChI is InChI=1S/C7H12NO2/c1-3-9-5-7-6(1)8-2-4-10-7/h6,8H,1-5H2. The molecule has 2 heterocycles. The van der Waals surface area contributed by atoms with Crippen molar-refractivity contribution in [3.63, 3.8) is 0 Å². The Morgan fingerprint density at radius 1 is 1.40 bits per heavy atom. The Hall–Kier alpha value is -0.120. The van der Waals surface area contributed by atoms with Gasteiger partial charge in [-0.15, -0.1) is 0 Å². The van der Waals surface area contributed by atoms with Gasteiger partial charge in [-0.1, -0.05) is 0 Å². The van der Waals surface area contributed by atoms with Crippen molar-refractivity contribution >= 4 is 0 Å². The molecule has 1 atom stereocenters. The van der Waals surface area contributed by atoms with Crippen LogP contribution in [0.5, 0.6) is 0 Å². The van der Waals surface area contributed by atoms with Gasteiger partial charge in [0.15, 0.2) is 0 Å². The molecule has 0 aliphatic carbocycles. The van der Waals surface area contributed by atoms with Crippen LogP contribution >= 0.6 is 0 Å². The number of morpholine rings is 1. The van der Waals surface area contributed by atoms with Crippen molar-refractivity contribution in [1.29, 1.82) is 0 Å². The summed E-state index contributed by atoms with van der Waals surface area (Å²) in [6.45, 7) is 3.34. The molecule has 57 valence electrons. The molecule has 2 rings (SSSR count). The van der Waals surface area contributed by atoms with E-state index in [0.29, 0.717) is 12.6 Å². The highest BCUT2D eigenvalue weighted by Gasteiger charge is 2.29. The van der Waals surface area contributed by atoms with Crippen molar-refractivity contribution < 1.29 is 9.47 Å². The van der Waals surface area contributed by atoms with E-state index >= 15 is 0 Å². The molecule has 0 aromatic carbocycles. The largest absolute Gasteiger partial charge is 0.378 e. The average molecular weight is 142 g/mol. The summed E-state index contributed by atoms with van der Waals surface area (Å²) < 4.78 is 10.6. The van der Waals surface area contributed by atoms with Crippen LogP contribution in [0.1, 0.15) is 6.42 Å². The topological polar surface area (TPSA) is 30.5 Å². The molecule has 3 heteroatoms. The maximum Gasteiger partial charge on any atom is 0.139 e. The first-order valence-electron chi connectivity index (χ1n) is 3.76. The molecule has 1 unspecified atom stereocenters. The molecular weight excluding hydrogens is 130 g/mol. The Morgan fingerprint density at radius 2 is 2.40 bits per heavy atom. The van der Waals surface area contributed by atoms with E-state index in [1.54, 1.807) is 0 Å². The Morgan fingerprint density at radius 3 is 3.30 bits per heavy atom. The molecular formula is C7H12NO2. The van der Waals surface area contributed by atoms with Crippen LogP contribution in [-0.4, -0.2) is 32.4 Å². The summed E-state index contributed by atoms with van der Waals surface area (Å²) in [6.07, 6.45) is 2.16. The fourth-order valence-electron chi connectivity index (χ4n) is 1.41. The molecule has 0 spiro atoms. The van der Waals surface area contributed by atoms with Crippen LogP contribution < -0.4 is 5.32 Å². The van der Waals surface area contributed by atoms with Crippen molar-refractivity contribution in [1.82, 2.24) is 5.32 Å². The summed E-state index contributed by atoms with van der Waals surface area (Å²) in [4.78, 5) is 0. The molecule has 0 saturated carbocycles. The third-order valence-electron chi connectivity index (χ3n) is 1.96. The second kappa shape index (κ2) is 2.86. The Kier molecular flexibility index (Phi) is 1.88. The number of rotatable bonds is 0. The minimum absolute atomic E-state index is 0.475. The summed E-state index contributed by atoms with van der Waals surface area (Å²) in [5, 5.41) is 3.38. The van der Waals surface area contributed by atoms with Crippen molar-refractivity contribution in [2.24, 2.45) is 0 Å². The van der Waals surface area contributed by atoms with Gasteiger partial charge in [-0.25, -0.2) is 0 Å². The van der Waals surface area contributed by atoms with Gasteiger partial charge in [0.05, 0.1) is 13.2 Å². The monoisotopic (exact) mass is 142 g/mol. The van der Waals surface area contributed by atoms with E-state index in [1.165, 1.54) is 0 Å². The lowest BCUT2D eigenvalue weighted by Gasteiger charge is -2.34. The smallest absolute Gasteiger partial charge is 0.139 e. The highest BCUT2D eigenvalue weighted by atomic mass is 16.5. The van der Waals surface area contributed by atoms with E-state index < -0.39 is 0 Å². The van der Waals surface area contributed by atoms with Crippen LogP contribution in [0.3, 0.4) is 0 Å². The maximum atomic E-state index is 5.41. The van der Waals surface area contributed by atoms with Gasteiger partial charge < -0.3 is 14.8 Å². The SMILES string of the molecule is C1CO[C]2COCCC2N1. The zero-order valence-corrected chi connectivity index (χ0v) is 5.93. The van der Waals surface area contributed by atoms with Crippen molar-refractivity contribution in [3.05, 3.63) is 6.10 Å². The van der Waals surface area contributed by atoms with E-state index in [-0.39, 0.29) is 0 Å².